The number of nitrogens with zero attached hydrogens (tertiary/aromatic N) is 3. The number of fused-ring (bicyclic) bond motifs is 1. The smallest absolute Gasteiger partial charge is 0.256 e. The zero-order valence-corrected chi connectivity index (χ0v) is 17.7. The second kappa shape index (κ2) is 8.16. The number of anilines is 1. The molecular weight excluding hydrogens is 388 g/mol. The molecule has 0 radical (unpaired) electrons. The van der Waals surface area contributed by atoms with Gasteiger partial charge in [-0.3, -0.25) is 4.79 Å². The van der Waals surface area contributed by atoms with Gasteiger partial charge < -0.3 is 10.4 Å². The number of hydrogen-bond donors (Lipinski definition) is 2. The highest BCUT2D eigenvalue weighted by atomic mass is 16.3. The quantitative estimate of drug-likeness (QED) is 0.498. The third-order valence-corrected chi connectivity index (χ3v) is 4.92. The van der Waals surface area contributed by atoms with Gasteiger partial charge in [0.05, 0.1) is 17.0 Å². The second-order valence-electron chi connectivity index (χ2n) is 7.96. The summed E-state index contributed by atoms with van der Waals surface area (Å²) < 4.78 is 1.75. The van der Waals surface area contributed by atoms with Crippen molar-refractivity contribution in [2.75, 3.05) is 5.32 Å². The maximum Gasteiger partial charge on any atom is 0.256 e. The lowest BCUT2D eigenvalue weighted by atomic mass is 9.97. The van der Waals surface area contributed by atoms with Crippen LogP contribution in [0.15, 0.2) is 66.7 Å². The van der Waals surface area contributed by atoms with Gasteiger partial charge in [-0.15, -0.1) is 0 Å². The van der Waals surface area contributed by atoms with Crippen molar-refractivity contribution in [3.05, 3.63) is 94.8 Å². The fourth-order valence-electron chi connectivity index (χ4n) is 3.26. The lowest BCUT2D eigenvalue weighted by Gasteiger charge is -2.17. The van der Waals surface area contributed by atoms with Gasteiger partial charge in [0.15, 0.2) is 5.65 Å². The summed E-state index contributed by atoms with van der Waals surface area (Å²) in [5.41, 5.74) is 3.63. The van der Waals surface area contributed by atoms with E-state index in [0.717, 1.165) is 22.5 Å². The zero-order chi connectivity index (χ0) is 22.0. The SMILES string of the molecule is Cc1cc2nc(NC(=O)c3ccc(C(C)(C)O)cc3)cc(/C=C/c3ccccc3)n2n1. The first-order valence-corrected chi connectivity index (χ1v) is 10.0. The number of rotatable bonds is 5. The molecule has 0 spiro atoms. The van der Waals surface area contributed by atoms with Crippen molar-refractivity contribution >= 4 is 29.5 Å². The summed E-state index contributed by atoms with van der Waals surface area (Å²) in [5, 5.41) is 17.5. The van der Waals surface area contributed by atoms with Gasteiger partial charge in [-0.2, -0.15) is 5.10 Å². The summed E-state index contributed by atoms with van der Waals surface area (Å²) in [6.45, 7) is 5.32. The molecule has 0 atom stereocenters. The van der Waals surface area contributed by atoms with Crippen molar-refractivity contribution in [3.63, 3.8) is 0 Å². The number of hydrogen-bond acceptors (Lipinski definition) is 4. The topological polar surface area (TPSA) is 79.5 Å². The van der Waals surface area contributed by atoms with Gasteiger partial charge in [-0.25, -0.2) is 9.50 Å². The van der Waals surface area contributed by atoms with E-state index in [9.17, 15) is 9.90 Å². The summed E-state index contributed by atoms with van der Waals surface area (Å²) in [5.74, 6) is 0.171. The van der Waals surface area contributed by atoms with Gasteiger partial charge in [0.1, 0.15) is 5.82 Å². The lowest BCUT2D eigenvalue weighted by molar-refractivity contribution is 0.0785. The maximum atomic E-state index is 12.8. The van der Waals surface area contributed by atoms with Gasteiger partial charge in [-0.1, -0.05) is 48.5 Å². The van der Waals surface area contributed by atoms with E-state index in [0.29, 0.717) is 17.0 Å². The molecular formula is C25H24N4O2. The third-order valence-electron chi connectivity index (χ3n) is 4.92. The van der Waals surface area contributed by atoms with Gasteiger partial charge >= 0.3 is 0 Å². The van der Waals surface area contributed by atoms with Gasteiger partial charge in [-0.05, 0) is 50.1 Å². The molecule has 0 fully saturated rings. The molecule has 1 amide bonds. The van der Waals surface area contributed by atoms with E-state index in [1.54, 1.807) is 48.7 Å². The minimum absolute atomic E-state index is 0.270. The number of aryl methyl sites for hydroxylation is 1. The van der Waals surface area contributed by atoms with Crippen LogP contribution in [0, 0.1) is 6.92 Å². The molecule has 2 N–H and O–H groups in total. The number of carbonyl (C=O) groups excluding carboxylic acids is 1. The minimum Gasteiger partial charge on any atom is -0.386 e. The molecule has 0 saturated heterocycles. The van der Waals surface area contributed by atoms with Crippen LogP contribution in [-0.4, -0.2) is 25.6 Å². The summed E-state index contributed by atoms with van der Waals surface area (Å²) in [7, 11) is 0. The second-order valence-corrected chi connectivity index (χ2v) is 7.96. The van der Waals surface area contributed by atoms with Crippen molar-refractivity contribution in [3.8, 4) is 0 Å². The number of carbonyl (C=O) groups is 1. The molecule has 4 aromatic rings. The fourth-order valence-corrected chi connectivity index (χ4v) is 3.26. The first-order chi connectivity index (χ1) is 14.8. The van der Waals surface area contributed by atoms with Crippen LogP contribution in [0.3, 0.4) is 0 Å². The number of aromatic nitrogens is 3. The van der Waals surface area contributed by atoms with E-state index in [2.05, 4.69) is 15.4 Å². The van der Waals surface area contributed by atoms with E-state index in [1.165, 1.54) is 0 Å². The molecule has 2 heterocycles. The molecule has 156 valence electrons. The molecule has 2 aromatic heterocycles. The van der Waals surface area contributed by atoms with Crippen molar-refractivity contribution < 1.29 is 9.90 Å². The number of nitrogens with one attached hydrogen (secondary N) is 1. The van der Waals surface area contributed by atoms with Gasteiger partial charge in [0.25, 0.3) is 5.91 Å². The van der Waals surface area contributed by atoms with Gasteiger partial charge in [0.2, 0.25) is 0 Å². The van der Waals surface area contributed by atoms with Crippen LogP contribution in [0.25, 0.3) is 17.8 Å². The standard InChI is InChI=1S/C25H24N4O2/c1-17-15-23-26-22(27-24(30)19-10-12-20(13-11-19)25(2,3)31)16-21(29(23)28-17)14-9-18-7-5-4-6-8-18/h4-16,31H,1-3H3,(H,26,27,30)/b14-9+. The largest absolute Gasteiger partial charge is 0.386 e. The van der Waals surface area contributed by atoms with Crippen molar-refractivity contribution in [2.24, 2.45) is 0 Å². The van der Waals surface area contributed by atoms with Crippen LogP contribution in [0.2, 0.25) is 0 Å². The first-order valence-electron chi connectivity index (χ1n) is 10.0. The molecule has 0 bridgehead atoms. The van der Waals surface area contributed by atoms with E-state index < -0.39 is 5.60 Å². The highest BCUT2D eigenvalue weighted by molar-refractivity contribution is 6.04. The molecule has 6 nitrogen and oxygen atoms in total. The van der Waals surface area contributed by atoms with Crippen molar-refractivity contribution in [2.45, 2.75) is 26.4 Å². The average molecular weight is 412 g/mol. The highest BCUT2D eigenvalue weighted by Gasteiger charge is 2.17. The van der Waals surface area contributed by atoms with Crippen molar-refractivity contribution in [1.29, 1.82) is 0 Å². The maximum absolute atomic E-state index is 12.8. The summed E-state index contributed by atoms with van der Waals surface area (Å²) >= 11 is 0. The Morgan fingerprint density at radius 1 is 1.03 bits per heavy atom. The Bertz CT molecular complexity index is 1250. The number of amides is 1. The normalized spacial score (nSPS) is 11.9. The Labute approximate surface area is 180 Å². The van der Waals surface area contributed by atoms with Crippen LogP contribution in [0.1, 0.15) is 46.7 Å². The lowest BCUT2D eigenvalue weighted by Crippen LogP contribution is -2.17. The van der Waals surface area contributed by atoms with Gasteiger partial charge in [0, 0.05) is 17.7 Å². The molecule has 4 rings (SSSR count). The molecule has 0 aliphatic rings. The van der Waals surface area contributed by atoms with Crippen molar-refractivity contribution in [1.82, 2.24) is 14.6 Å². The average Bonchev–Trinajstić information content (AvgIpc) is 3.12. The molecule has 2 aromatic carbocycles. The summed E-state index contributed by atoms with van der Waals surface area (Å²) in [6, 6.07) is 20.5. The molecule has 0 saturated carbocycles. The van der Waals surface area contributed by atoms with Crippen LogP contribution in [0.4, 0.5) is 5.82 Å². The Balaban J connectivity index is 1.63. The van der Waals surface area contributed by atoms with E-state index in [-0.39, 0.29) is 5.91 Å². The number of aliphatic hydroxyl groups is 1. The molecule has 0 aliphatic carbocycles. The summed E-state index contributed by atoms with van der Waals surface area (Å²) in [4.78, 5) is 17.3. The van der Waals surface area contributed by atoms with E-state index in [1.807, 2.05) is 55.5 Å². The zero-order valence-electron chi connectivity index (χ0n) is 17.7. The fraction of sp³-hybridized carbons (Fsp3) is 0.160. The minimum atomic E-state index is -0.957. The predicted octanol–water partition coefficient (Wildman–Crippen LogP) is 4.69. The Morgan fingerprint density at radius 3 is 2.42 bits per heavy atom. The van der Waals surface area contributed by atoms with Crippen LogP contribution >= 0.6 is 0 Å². The van der Waals surface area contributed by atoms with Crippen LogP contribution < -0.4 is 5.32 Å². The van der Waals surface area contributed by atoms with Crippen LogP contribution in [0.5, 0.6) is 0 Å². The van der Waals surface area contributed by atoms with E-state index in [4.69, 9.17) is 0 Å². The molecule has 6 heteroatoms. The molecule has 0 aliphatic heterocycles. The Kier molecular flexibility index (Phi) is 5.40. The highest BCUT2D eigenvalue weighted by Crippen LogP contribution is 2.21. The van der Waals surface area contributed by atoms with E-state index >= 15 is 0 Å². The monoisotopic (exact) mass is 412 g/mol. The Morgan fingerprint density at radius 2 is 1.74 bits per heavy atom. The summed E-state index contributed by atoms with van der Waals surface area (Å²) in [6.07, 6.45) is 3.94. The predicted molar refractivity (Wildman–Crippen MR) is 123 cm³/mol. The number of benzene rings is 2. The third kappa shape index (κ3) is 4.70. The Hall–Kier alpha value is -3.77. The molecule has 31 heavy (non-hydrogen) atoms. The molecule has 0 unspecified atom stereocenters. The first kappa shape index (κ1) is 20.5. The van der Waals surface area contributed by atoms with Crippen LogP contribution in [-0.2, 0) is 5.60 Å².